The van der Waals surface area contributed by atoms with Crippen LogP contribution in [0.3, 0.4) is 0 Å². The minimum atomic E-state index is -0.824. The Hall–Kier alpha value is -2.69. The van der Waals surface area contributed by atoms with Gasteiger partial charge in [0.25, 0.3) is 0 Å². The molecule has 1 aromatic carbocycles. The van der Waals surface area contributed by atoms with Gasteiger partial charge < -0.3 is 25.4 Å². The van der Waals surface area contributed by atoms with Gasteiger partial charge >= 0.3 is 0 Å². The van der Waals surface area contributed by atoms with Crippen molar-refractivity contribution >= 4 is 23.4 Å². The summed E-state index contributed by atoms with van der Waals surface area (Å²) in [6.07, 6.45) is -0.103. The zero-order valence-corrected chi connectivity index (χ0v) is 17.9. The van der Waals surface area contributed by atoms with Gasteiger partial charge in [0, 0.05) is 51.5 Å². The monoisotopic (exact) mass is 433 g/mol. The van der Waals surface area contributed by atoms with Crippen molar-refractivity contribution in [2.45, 2.75) is 12.5 Å². The molecule has 1 atom stereocenters. The Morgan fingerprint density at radius 1 is 1.13 bits per heavy atom. The molecule has 0 bridgehead atoms. The van der Waals surface area contributed by atoms with Gasteiger partial charge in [-0.2, -0.15) is 0 Å². The molecule has 3 N–H and O–H groups in total. The van der Waals surface area contributed by atoms with Crippen molar-refractivity contribution < 1.29 is 24.2 Å². The van der Waals surface area contributed by atoms with Gasteiger partial charge in [0.15, 0.2) is 0 Å². The molecular weight excluding hydrogens is 402 g/mol. The van der Waals surface area contributed by atoms with Gasteiger partial charge in [-0.3, -0.25) is 24.2 Å². The van der Waals surface area contributed by atoms with E-state index in [0.29, 0.717) is 31.1 Å². The minimum Gasteiger partial charge on any atom is -0.497 e. The fourth-order valence-electron chi connectivity index (χ4n) is 3.87. The predicted molar refractivity (Wildman–Crippen MR) is 115 cm³/mol. The van der Waals surface area contributed by atoms with Crippen LogP contribution >= 0.6 is 0 Å². The average molecular weight is 434 g/mol. The SMILES string of the molecule is COc1ccc(NC(=O)C[C@H]2C(=O)NCCN2C(=O)CN2CCN(CCO)CC2)cc1. The maximum atomic E-state index is 12.9. The fraction of sp³-hybridized carbons (Fsp3) is 0.571. The molecule has 2 fully saturated rings. The van der Waals surface area contributed by atoms with E-state index in [0.717, 1.165) is 26.2 Å². The van der Waals surface area contributed by atoms with E-state index >= 15 is 0 Å². The largest absolute Gasteiger partial charge is 0.497 e. The Kier molecular flexibility index (Phi) is 8.21. The Balaban J connectivity index is 1.55. The number of amides is 3. The zero-order valence-electron chi connectivity index (χ0n) is 17.9. The number of aliphatic hydroxyl groups is 1. The summed E-state index contributed by atoms with van der Waals surface area (Å²) in [6.45, 7) is 4.80. The van der Waals surface area contributed by atoms with Crippen molar-refractivity contribution in [2.75, 3.05) is 71.4 Å². The van der Waals surface area contributed by atoms with Gasteiger partial charge in [0.2, 0.25) is 17.7 Å². The Morgan fingerprint density at radius 3 is 2.45 bits per heavy atom. The van der Waals surface area contributed by atoms with Crippen molar-refractivity contribution in [2.24, 2.45) is 0 Å². The summed E-state index contributed by atoms with van der Waals surface area (Å²) in [4.78, 5) is 43.7. The Morgan fingerprint density at radius 2 is 1.81 bits per heavy atom. The standard InChI is InChI=1S/C21H31N5O5/c1-31-17-4-2-16(3-5-17)23-19(28)14-18-21(30)22-6-7-26(18)20(29)15-25-10-8-24(9-11-25)12-13-27/h2-5,18,27H,6-15H2,1H3,(H,22,30)(H,23,28)/t18-/m0/s1. The predicted octanol–water partition coefficient (Wildman–Crippen LogP) is -1.04. The molecule has 2 saturated heterocycles. The van der Waals surface area contributed by atoms with Crippen molar-refractivity contribution in [1.82, 2.24) is 20.0 Å². The third kappa shape index (κ3) is 6.39. The van der Waals surface area contributed by atoms with Gasteiger partial charge in [0.1, 0.15) is 11.8 Å². The van der Waals surface area contributed by atoms with E-state index in [1.807, 2.05) is 0 Å². The second kappa shape index (κ2) is 11.1. The van der Waals surface area contributed by atoms with E-state index in [1.54, 1.807) is 31.4 Å². The molecule has 0 spiro atoms. The molecule has 10 heteroatoms. The summed E-state index contributed by atoms with van der Waals surface area (Å²) in [7, 11) is 1.57. The molecule has 0 radical (unpaired) electrons. The lowest BCUT2D eigenvalue weighted by Gasteiger charge is -2.38. The summed E-state index contributed by atoms with van der Waals surface area (Å²) in [5, 5.41) is 14.6. The smallest absolute Gasteiger partial charge is 0.243 e. The van der Waals surface area contributed by atoms with Gasteiger partial charge in [0.05, 0.1) is 26.7 Å². The van der Waals surface area contributed by atoms with Crippen LogP contribution in [0.4, 0.5) is 5.69 Å². The van der Waals surface area contributed by atoms with E-state index in [2.05, 4.69) is 20.4 Å². The Bertz CT molecular complexity index is 764. The highest BCUT2D eigenvalue weighted by atomic mass is 16.5. The number of β-amino-alcohol motifs (C(OH)–C–C–N with tert-alkyl or cyclic N) is 1. The van der Waals surface area contributed by atoms with Crippen LogP contribution in [0.25, 0.3) is 0 Å². The third-order valence-corrected chi connectivity index (χ3v) is 5.64. The highest BCUT2D eigenvalue weighted by Gasteiger charge is 2.35. The van der Waals surface area contributed by atoms with Crippen LogP contribution in [0, 0.1) is 0 Å². The summed E-state index contributed by atoms with van der Waals surface area (Å²) < 4.78 is 5.10. The number of nitrogens with one attached hydrogen (secondary N) is 2. The van der Waals surface area contributed by atoms with Gasteiger partial charge in [-0.05, 0) is 24.3 Å². The van der Waals surface area contributed by atoms with E-state index in [1.165, 1.54) is 4.90 Å². The lowest BCUT2D eigenvalue weighted by Crippen LogP contribution is -2.60. The van der Waals surface area contributed by atoms with Crippen molar-refractivity contribution in [3.8, 4) is 5.75 Å². The lowest BCUT2D eigenvalue weighted by molar-refractivity contribution is -0.145. The molecule has 0 saturated carbocycles. The second-order valence-electron chi connectivity index (χ2n) is 7.72. The maximum Gasteiger partial charge on any atom is 0.243 e. The van der Waals surface area contributed by atoms with Crippen LogP contribution < -0.4 is 15.4 Å². The zero-order chi connectivity index (χ0) is 22.2. The first-order valence-electron chi connectivity index (χ1n) is 10.6. The number of benzene rings is 1. The third-order valence-electron chi connectivity index (χ3n) is 5.64. The van der Waals surface area contributed by atoms with Gasteiger partial charge in [-0.1, -0.05) is 0 Å². The summed E-state index contributed by atoms with van der Waals surface area (Å²) in [5.74, 6) is -0.105. The molecule has 2 heterocycles. The highest BCUT2D eigenvalue weighted by Crippen LogP contribution is 2.17. The minimum absolute atomic E-state index is 0.103. The number of methoxy groups -OCH3 is 1. The molecule has 3 rings (SSSR count). The molecular formula is C21H31N5O5. The number of carbonyl (C=O) groups is 3. The van der Waals surface area contributed by atoms with E-state index in [-0.39, 0.29) is 37.3 Å². The molecule has 0 unspecified atom stereocenters. The number of hydrogen-bond acceptors (Lipinski definition) is 7. The normalized spacial score (nSPS) is 20.3. The maximum absolute atomic E-state index is 12.9. The van der Waals surface area contributed by atoms with E-state index < -0.39 is 6.04 Å². The lowest BCUT2D eigenvalue weighted by atomic mass is 10.1. The molecule has 3 amide bonds. The number of ether oxygens (including phenoxy) is 1. The summed E-state index contributed by atoms with van der Waals surface area (Å²) >= 11 is 0. The highest BCUT2D eigenvalue weighted by molar-refractivity contribution is 5.97. The van der Waals surface area contributed by atoms with Crippen LogP contribution in [0.5, 0.6) is 5.75 Å². The number of piperazine rings is 2. The number of carbonyl (C=O) groups excluding carboxylic acids is 3. The molecule has 0 aromatic heterocycles. The van der Waals surface area contributed by atoms with Crippen LogP contribution in [0.2, 0.25) is 0 Å². The molecule has 2 aliphatic rings. The van der Waals surface area contributed by atoms with Crippen LogP contribution in [-0.2, 0) is 14.4 Å². The van der Waals surface area contributed by atoms with Crippen molar-refractivity contribution in [3.05, 3.63) is 24.3 Å². The first-order valence-corrected chi connectivity index (χ1v) is 10.6. The summed E-state index contributed by atoms with van der Waals surface area (Å²) in [6, 6.07) is 6.09. The summed E-state index contributed by atoms with van der Waals surface area (Å²) in [5.41, 5.74) is 0.598. The van der Waals surface area contributed by atoms with Crippen LogP contribution in [0.15, 0.2) is 24.3 Å². The number of aliphatic hydroxyl groups excluding tert-OH is 1. The average Bonchev–Trinajstić information content (AvgIpc) is 2.77. The molecule has 10 nitrogen and oxygen atoms in total. The first-order chi connectivity index (χ1) is 15.0. The Labute approximate surface area is 182 Å². The fourth-order valence-corrected chi connectivity index (χ4v) is 3.87. The van der Waals surface area contributed by atoms with Crippen LogP contribution in [-0.4, -0.2) is 110 Å². The quantitative estimate of drug-likeness (QED) is 0.480. The molecule has 170 valence electrons. The van der Waals surface area contributed by atoms with E-state index in [4.69, 9.17) is 9.84 Å². The van der Waals surface area contributed by atoms with E-state index in [9.17, 15) is 14.4 Å². The number of anilines is 1. The van der Waals surface area contributed by atoms with Crippen molar-refractivity contribution in [1.29, 1.82) is 0 Å². The first kappa shape index (κ1) is 23.0. The van der Waals surface area contributed by atoms with Crippen LogP contribution in [0.1, 0.15) is 6.42 Å². The molecule has 2 aliphatic heterocycles. The molecule has 31 heavy (non-hydrogen) atoms. The molecule has 0 aliphatic carbocycles. The van der Waals surface area contributed by atoms with Crippen molar-refractivity contribution in [3.63, 3.8) is 0 Å². The topological polar surface area (TPSA) is 114 Å². The number of nitrogens with zero attached hydrogens (tertiary/aromatic N) is 3. The molecule has 1 aromatic rings. The second-order valence-corrected chi connectivity index (χ2v) is 7.72. The number of hydrogen-bond donors (Lipinski definition) is 3. The van der Waals surface area contributed by atoms with Gasteiger partial charge in [-0.15, -0.1) is 0 Å². The van der Waals surface area contributed by atoms with Gasteiger partial charge in [-0.25, -0.2) is 0 Å². The number of rotatable bonds is 8.